The first-order chi connectivity index (χ1) is 10.2. The minimum atomic E-state index is -0.423. The first kappa shape index (κ1) is 21.2. The molecule has 120 valence electrons. The van der Waals surface area contributed by atoms with Crippen LogP contribution in [0.5, 0.6) is 0 Å². The Morgan fingerprint density at radius 2 is 1.36 bits per heavy atom. The summed E-state index contributed by atoms with van der Waals surface area (Å²) in [7, 11) is 0. The van der Waals surface area contributed by atoms with Crippen LogP contribution in [0, 0.1) is 12.7 Å². The maximum absolute atomic E-state index is 13.3. The zero-order valence-corrected chi connectivity index (χ0v) is 20.5. The predicted octanol–water partition coefficient (Wildman–Crippen LogP) is 8.87. The number of halogens is 8. The molecule has 2 rings (SSSR count). The van der Waals surface area contributed by atoms with E-state index in [0.717, 1.165) is 23.5 Å². The van der Waals surface area contributed by atoms with Crippen molar-refractivity contribution in [3.8, 4) is 0 Å². The van der Waals surface area contributed by atoms with Crippen LogP contribution >= 0.6 is 95.6 Å². The average molecular weight is 694 g/mol. The van der Waals surface area contributed by atoms with Gasteiger partial charge in [0.2, 0.25) is 0 Å². The molecule has 0 saturated carbocycles. The highest BCUT2D eigenvalue weighted by molar-refractivity contribution is 9.14. The van der Waals surface area contributed by atoms with Gasteiger partial charge in [-0.05, 0) is 93.9 Å². The van der Waals surface area contributed by atoms with E-state index in [1.807, 2.05) is 19.1 Å². The van der Waals surface area contributed by atoms with Crippen LogP contribution in [0.2, 0.25) is 0 Å². The fourth-order valence-electron chi connectivity index (χ4n) is 1.34. The maximum Gasteiger partial charge on any atom is 0.153 e. The van der Waals surface area contributed by atoms with Gasteiger partial charge in [0, 0.05) is 17.9 Å². The number of hydrogen-bond donors (Lipinski definition) is 0. The summed E-state index contributed by atoms with van der Waals surface area (Å²) < 4.78 is 29.5. The molecule has 0 heterocycles. The Hall–Kier alpha value is 1.18. The molecule has 0 saturated heterocycles. The minimum absolute atomic E-state index is 0.306. The van der Waals surface area contributed by atoms with Crippen LogP contribution in [0.4, 0.5) is 8.78 Å². The van der Waals surface area contributed by atoms with Crippen molar-refractivity contribution in [3.63, 3.8) is 0 Å². The molecule has 0 atom stereocenters. The van der Waals surface area contributed by atoms with E-state index < -0.39 is 6.67 Å². The van der Waals surface area contributed by atoms with Crippen molar-refractivity contribution < 1.29 is 8.78 Å². The summed E-state index contributed by atoms with van der Waals surface area (Å²) in [5.74, 6) is -0.306. The molecule has 0 bridgehead atoms. The summed E-state index contributed by atoms with van der Waals surface area (Å²) in [6.45, 7) is 1.47. The van der Waals surface area contributed by atoms with Crippen LogP contribution in [0.15, 0.2) is 45.0 Å². The summed E-state index contributed by atoms with van der Waals surface area (Å²) in [6, 6.07) is 5.39. The van der Waals surface area contributed by atoms with E-state index >= 15 is 0 Å². The maximum atomic E-state index is 13.3. The summed E-state index contributed by atoms with van der Waals surface area (Å²) in [6.07, 6.45) is 0. The van der Waals surface area contributed by atoms with Crippen LogP contribution < -0.4 is 0 Å². The summed E-state index contributed by atoms with van der Waals surface area (Å²) in [4.78, 5) is 0. The second kappa shape index (κ2) is 9.61. The van der Waals surface area contributed by atoms with Crippen molar-refractivity contribution in [2.45, 2.75) is 13.6 Å². The SMILES string of the molecule is Cc1c(Br)c(Br)c(F)c(Br)c1Br.FCc1ccc(Br)cc1Br. The summed E-state index contributed by atoms with van der Waals surface area (Å²) >= 11 is 19.3. The lowest BCUT2D eigenvalue weighted by molar-refractivity contribution is 0.484. The first-order valence-electron chi connectivity index (χ1n) is 5.68. The lowest BCUT2D eigenvalue weighted by Crippen LogP contribution is -1.88. The van der Waals surface area contributed by atoms with Crippen LogP contribution in [0.25, 0.3) is 0 Å². The monoisotopic (exact) mass is 688 g/mol. The van der Waals surface area contributed by atoms with E-state index in [1.54, 1.807) is 6.07 Å². The Bertz CT molecular complexity index is 583. The molecule has 0 spiro atoms. The highest BCUT2D eigenvalue weighted by Gasteiger charge is 2.15. The third-order valence-electron chi connectivity index (χ3n) is 2.59. The lowest BCUT2D eigenvalue weighted by atomic mass is 10.2. The largest absolute Gasteiger partial charge is 0.246 e. The number of hydrogen-bond acceptors (Lipinski definition) is 0. The molecule has 0 aliphatic heterocycles. The Kier molecular flexibility index (Phi) is 9.27. The van der Waals surface area contributed by atoms with Gasteiger partial charge in [0.1, 0.15) is 6.67 Å². The number of rotatable bonds is 1. The fraction of sp³-hybridized carbons (Fsp3) is 0.143. The van der Waals surface area contributed by atoms with E-state index in [-0.39, 0.29) is 5.82 Å². The molecular formula is C14H8Br6F2. The topological polar surface area (TPSA) is 0 Å². The molecule has 0 nitrogen and oxygen atoms in total. The first-order valence-corrected chi connectivity index (χ1v) is 10.4. The molecule has 0 aliphatic carbocycles. The van der Waals surface area contributed by atoms with Gasteiger partial charge in [-0.15, -0.1) is 0 Å². The molecule has 0 aromatic heterocycles. The van der Waals surface area contributed by atoms with Crippen LogP contribution in [0.3, 0.4) is 0 Å². The van der Waals surface area contributed by atoms with Crippen LogP contribution in [0.1, 0.15) is 11.1 Å². The molecule has 0 amide bonds. The standard InChI is InChI=1S/C7H3Br4F.C7H5Br2F/c1-2-3(8)5(10)7(12)6(11)4(2)9;8-6-2-1-5(4-10)7(9)3-6/h1H3;1-3H,4H2. The van der Waals surface area contributed by atoms with Crippen molar-refractivity contribution in [2.24, 2.45) is 0 Å². The second-order valence-corrected chi connectivity index (χ2v) is 9.01. The molecule has 2 aromatic carbocycles. The van der Waals surface area contributed by atoms with Gasteiger partial charge in [0.15, 0.2) is 5.82 Å². The van der Waals surface area contributed by atoms with E-state index in [4.69, 9.17) is 0 Å². The van der Waals surface area contributed by atoms with Crippen molar-refractivity contribution in [1.82, 2.24) is 0 Å². The van der Waals surface area contributed by atoms with E-state index in [1.165, 1.54) is 0 Å². The Labute approximate surface area is 178 Å². The molecular weight excluding hydrogens is 686 g/mol. The Balaban J connectivity index is 0.000000224. The molecule has 2 aromatic rings. The van der Waals surface area contributed by atoms with Crippen LogP contribution in [-0.2, 0) is 6.67 Å². The molecule has 0 unspecified atom stereocenters. The molecule has 0 aliphatic rings. The van der Waals surface area contributed by atoms with E-state index in [2.05, 4.69) is 95.6 Å². The van der Waals surface area contributed by atoms with Gasteiger partial charge in [-0.3, -0.25) is 0 Å². The Morgan fingerprint density at radius 3 is 1.77 bits per heavy atom. The van der Waals surface area contributed by atoms with E-state index in [0.29, 0.717) is 14.5 Å². The van der Waals surface area contributed by atoms with Crippen molar-refractivity contribution >= 4 is 95.6 Å². The third-order valence-corrected chi connectivity index (χ3v) is 8.36. The Morgan fingerprint density at radius 1 is 0.864 bits per heavy atom. The van der Waals surface area contributed by atoms with Crippen molar-refractivity contribution in [2.75, 3.05) is 0 Å². The number of benzene rings is 2. The van der Waals surface area contributed by atoms with E-state index in [9.17, 15) is 8.78 Å². The van der Waals surface area contributed by atoms with Gasteiger partial charge < -0.3 is 0 Å². The van der Waals surface area contributed by atoms with Crippen molar-refractivity contribution in [3.05, 3.63) is 62.0 Å². The molecule has 0 N–H and O–H groups in total. The van der Waals surface area contributed by atoms with Gasteiger partial charge >= 0.3 is 0 Å². The highest BCUT2D eigenvalue weighted by atomic mass is 79.9. The molecule has 22 heavy (non-hydrogen) atoms. The van der Waals surface area contributed by atoms with Gasteiger partial charge in [-0.1, -0.05) is 37.9 Å². The minimum Gasteiger partial charge on any atom is -0.246 e. The van der Waals surface area contributed by atoms with Gasteiger partial charge in [-0.2, -0.15) is 0 Å². The third kappa shape index (κ3) is 5.34. The zero-order chi connectivity index (χ0) is 17.0. The average Bonchev–Trinajstić information content (AvgIpc) is 2.50. The quantitative estimate of drug-likeness (QED) is 0.207. The van der Waals surface area contributed by atoms with Crippen molar-refractivity contribution in [1.29, 1.82) is 0 Å². The fourth-order valence-corrected chi connectivity index (χ4v) is 4.77. The predicted molar refractivity (Wildman–Crippen MR) is 109 cm³/mol. The number of alkyl halides is 1. The van der Waals surface area contributed by atoms with Gasteiger partial charge in [-0.25, -0.2) is 8.78 Å². The highest BCUT2D eigenvalue weighted by Crippen LogP contribution is 2.39. The second-order valence-electron chi connectivity index (χ2n) is 4.06. The van der Waals surface area contributed by atoms with Crippen LogP contribution in [-0.4, -0.2) is 0 Å². The normalized spacial score (nSPS) is 10.2. The smallest absolute Gasteiger partial charge is 0.153 e. The lowest BCUT2D eigenvalue weighted by Gasteiger charge is -2.07. The summed E-state index contributed by atoms with van der Waals surface area (Å²) in [5.41, 5.74) is 1.64. The zero-order valence-electron chi connectivity index (χ0n) is 11.0. The van der Waals surface area contributed by atoms with Gasteiger partial charge in [0.05, 0.1) is 8.95 Å². The molecule has 0 fully saturated rings. The molecule has 8 heteroatoms. The molecule has 0 radical (unpaired) electrons. The summed E-state index contributed by atoms with van der Waals surface area (Å²) in [5, 5.41) is 0. The van der Waals surface area contributed by atoms with Gasteiger partial charge in [0.25, 0.3) is 0 Å².